The van der Waals surface area contributed by atoms with Gasteiger partial charge in [-0.15, -0.1) is 11.3 Å². The first-order valence-electron chi connectivity index (χ1n) is 6.16. The molecule has 0 saturated heterocycles. The second kappa shape index (κ2) is 5.83. The van der Waals surface area contributed by atoms with Crippen LogP contribution >= 0.6 is 27.3 Å². The molecule has 2 rings (SSSR count). The molecule has 1 unspecified atom stereocenters. The standard InChI is InChI=1S/C13H20BrNOS/c1-15(2)13(12-7-10(14)8-17-12)9-3-5-11(16)6-4-9/h7-9,11,13,16H,3-6H2,1-2H3. The van der Waals surface area contributed by atoms with Gasteiger partial charge in [0.05, 0.1) is 6.10 Å². The molecule has 0 radical (unpaired) electrons. The molecular weight excluding hydrogens is 298 g/mol. The largest absolute Gasteiger partial charge is 0.393 e. The molecule has 0 amide bonds. The normalized spacial score (nSPS) is 27.4. The van der Waals surface area contributed by atoms with Gasteiger partial charge in [-0.1, -0.05) is 0 Å². The molecule has 1 atom stereocenters. The van der Waals surface area contributed by atoms with Gasteiger partial charge in [-0.05, 0) is 67.7 Å². The second-order valence-electron chi connectivity index (χ2n) is 5.14. The fourth-order valence-electron chi connectivity index (χ4n) is 2.81. The molecule has 1 heterocycles. The molecule has 1 aromatic heterocycles. The molecule has 17 heavy (non-hydrogen) atoms. The number of halogens is 1. The monoisotopic (exact) mass is 317 g/mol. The Morgan fingerprint density at radius 1 is 1.35 bits per heavy atom. The first-order chi connectivity index (χ1) is 8.08. The number of rotatable bonds is 3. The van der Waals surface area contributed by atoms with Crippen molar-refractivity contribution in [3.05, 3.63) is 20.8 Å². The van der Waals surface area contributed by atoms with Gasteiger partial charge < -0.3 is 10.0 Å². The van der Waals surface area contributed by atoms with Gasteiger partial charge in [0.15, 0.2) is 0 Å². The second-order valence-corrected chi connectivity index (χ2v) is 7.00. The van der Waals surface area contributed by atoms with Gasteiger partial charge in [0, 0.05) is 20.8 Å². The lowest BCUT2D eigenvalue weighted by Crippen LogP contribution is -2.30. The Kier molecular flexibility index (Phi) is 4.64. The number of aliphatic hydroxyl groups excluding tert-OH is 1. The van der Waals surface area contributed by atoms with E-state index in [1.165, 1.54) is 9.35 Å². The summed E-state index contributed by atoms with van der Waals surface area (Å²) < 4.78 is 1.18. The minimum Gasteiger partial charge on any atom is -0.393 e. The molecule has 0 bridgehead atoms. The predicted molar refractivity (Wildman–Crippen MR) is 76.4 cm³/mol. The van der Waals surface area contributed by atoms with Crippen LogP contribution in [0.4, 0.5) is 0 Å². The fourth-order valence-corrected chi connectivity index (χ4v) is 4.54. The Morgan fingerprint density at radius 3 is 2.47 bits per heavy atom. The van der Waals surface area contributed by atoms with E-state index in [1.807, 2.05) is 11.3 Å². The van der Waals surface area contributed by atoms with Gasteiger partial charge >= 0.3 is 0 Å². The van der Waals surface area contributed by atoms with Gasteiger partial charge in [-0.2, -0.15) is 0 Å². The van der Waals surface area contributed by atoms with Crippen LogP contribution in [0.2, 0.25) is 0 Å². The summed E-state index contributed by atoms with van der Waals surface area (Å²) in [4.78, 5) is 3.75. The quantitative estimate of drug-likeness (QED) is 0.919. The molecule has 96 valence electrons. The van der Waals surface area contributed by atoms with Gasteiger partial charge in [0.25, 0.3) is 0 Å². The van der Waals surface area contributed by atoms with Crippen molar-refractivity contribution in [3.8, 4) is 0 Å². The highest BCUT2D eigenvalue weighted by molar-refractivity contribution is 9.10. The summed E-state index contributed by atoms with van der Waals surface area (Å²) in [5.74, 6) is 0.680. The molecule has 4 heteroatoms. The van der Waals surface area contributed by atoms with E-state index in [0.717, 1.165) is 25.7 Å². The molecule has 2 nitrogen and oxygen atoms in total. The van der Waals surface area contributed by atoms with Crippen LogP contribution in [0.3, 0.4) is 0 Å². The molecule has 1 aliphatic carbocycles. The summed E-state index contributed by atoms with van der Waals surface area (Å²) in [5, 5.41) is 11.8. The molecule has 0 spiro atoms. The topological polar surface area (TPSA) is 23.5 Å². The maximum atomic E-state index is 9.60. The molecule has 0 aliphatic heterocycles. The fraction of sp³-hybridized carbons (Fsp3) is 0.692. The first-order valence-corrected chi connectivity index (χ1v) is 7.83. The summed E-state index contributed by atoms with van der Waals surface area (Å²) in [5.41, 5.74) is 0. The van der Waals surface area contributed by atoms with Crippen LogP contribution in [-0.2, 0) is 0 Å². The smallest absolute Gasteiger partial charge is 0.0540 e. The van der Waals surface area contributed by atoms with E-state index in [9.17, 15) is 5.11 Å². The van der Waals surface area contributed by atoms with Gasteiger partial charge in [0.1, 0.15) is 0 Å². The highest BCUT2D eigenvalue weighted by Crippen LogP contribution is 2.40. The molecule has 1 fully saturated rings. The Labute approximate surface area is 116 Å². The average molecular weight is 318 g/mol. The van der Waals surface area contributed by atoms with Gasteiger partial charge in [-0.25, -0.2) is 0 Å². The summed E-state index contributed by atoms with van der Waals surface area (Å²) in [6.07, 6.45) is 4.13. The molecule has 1 aliphatic rings. The van der Waals surface area contributed by atoms with Crippen LogP contribution in [0.25, 0.3) is 0 Å². The van der Waals surface area contributed by atoms with Crippen LogP contribution in [0.1, 0.15) is 36.6 Å². The molecule has 1 aromatic rings. The minimum atomic E-state index is -0.0656. The van der Waals surface area contributed by atoms with Crippen LogP contribution in [0.5, 0.6) is 0 Å². The van der Waals surface area contributed by atoms with Gasteiger partial charge in [0.2, 0.25) is 0 Å². The molecule has 1 N–H and O–H groups in total. The Bertz CT molecular complexity index is 358. The van der Waals surface area contributed by atoms with E-state index in [0.29, 0.717) is 12.0 Å². The zero-order valence-corrected chi connectivity index (χ0v) is 12.8. The molecule has 1 saturated carbocycles. The minimum absolute atomic E-state index is 0.0656. The van der Waals surface area contributed by atoms with Crippen LogP contribution < -0.4 is 0 Å². The lowest BCUT2D eigenvalue weighted by atomic mass is 9.81. The third-order valence-corrected chi connectivity index (χ3v) is 5.39. The zero-order valence-electron chi connectivity index (χ0n) is 10.4. The van der Waals surface area contributed by atoms with E-state index >= 15 is 0 Å². The third-order valence-electron chi connectivity index (χ3n) is 3.62. The van der Waals surface area contributed by atoms with E-state index < -0.39 is 0 Å². The maximum absolute atomic E-state index is 9.60. The van der Waals surface area contributed by atoms with E-state index in [4.69, 9.17) is 0 Å². The number of thiophene rings is 1. The van der Waals surface area contributed by atoms with Crippen molar-refractivity contribution in [1.29, 1.82) is 0 Å². The van der Waals surface area contributed by atoms with E-state index in [2.05, 4.69) is 46.4 Å². The Balaban J connectivity index is 2.12. The van der Waals surface area contributed by atoms with Crippen LogP contribution in [-0.4, -0.2) is 30.2 Å². The number of hydrogen-bond acceptors (Lipinski definition) is 3. The van der Waals surface area contributed by atoms with E-state index in [-0.39, 0.29) is 6.10 Å². The predicted octanol–water partition coefficient (Wildman–Crippen LogP) is 3.66. The number of nitrogens with zero attached hydrogens (tertiary/aromatic N) is 1. The van der Waals surface area contributed by atoms with Crippen molar-refractivity contribution in [1.82, 2.24) is 4.90 Å². The summed E-state index contributed by atoms with van der Waals surface area (Å²) in [7, 11) is 4.31. The molecular formula is C13H20BrNOS. The highest BCUT2D eigenvalue weighted by Gasteiger charge is 2.30. The molecule has 0 aromatic carbocycles. The maximum Gasteiger partial charge on any atom is 0.0540 e. The summed E-state index contributed by atoms with van der Waals surface area (Å²) in [6.45, 7) is 0. The lowest BCUT2D eigenvalue weighted by Gasteiger charge is -2.35. The Morgan fingerprint density at radius 2 is 2.00 bits per heavy atom. The van der Waals surface area contributed by atoms with Crippen LogP contribution in [0, 0.1) is 5.92 Å². The first kappa shape index (κ1) is 13.5. The highest BCUT2D eigenvalue weighted by atomic mass is 79.9. The Hall–Kier alpha value is 0.1000. The van der Waals surface area contributed by atoms with Crippen LogP contribution in [0.15, 0.2) is 15.9 Å². The number of aliphatic hydroxyl groups is 1. The van der Waals surface area contributed by atoms with Crippen molar-refractivity contribution in [2.24, 2.45) is 5.92 Å². The number of hydrogen-bond donors (Lipinski definition) is 1. The summed E-state index contributed by atoms with van der Waals surface area (Å²) in [6, 6.07) is 2.74. The van der Waals surface area contributed by atoms with Gasteiger partial charge in [-0.3, -0.25) is 0 Å². The van der Waals surface area contributed by atoms with Crippen molar-refractivity contribution in [3.63, 3.8) is 0 Å². The SMILES string of the molecule is CN(C)C(c1cc(Br)cs1)C1CCC(O)CC1. The van der Waals surface area contributed by atoms with Crippen molar-refractivity contribution in [2.75, 3.05) is 14.1 Å². The van der Waals surface area contributed by atoms with Crippen molar-refractivity contribution in [2.45, 2.75) is 37.8 Å². The average Bonchev–Trinajstić information content (AvgIpc) is 2.68. The van der Waals surface area contributed by atoms with E-state index in [1.54, 1.807) is 0 Å². The van der Waals surface area contributed by atoms with Crippen molar-refractivity contribution >= 4 is 27.3 Å². The zero-order chi connectivity index (χ0) is 12.4. The lowest BCUT2D eigenvalue weighted by molar-refractivity contribution is 0.0788. The van der Waals surface area contributed by atoms with Crippen molar-refractivity contribution < 1.29 is 5.11 Å². The third kappa shape index (κ3) is 3.31. The summed E-state index contributed by atoms with van der Waals surface area (Å²) >= 11 is 5.36.